The highest BCUT2D eigenvalue weighted by atomic mass is 16.2. The summed E-state index contributed by atoms with van der Waals surface area (Å²) in [5.41, 5.74) is 11.0. The summed E-state index contributed by atoms with van der Waals surface area (Å²) in [4.78, 5) is 34.8. The van der Waals surface area contributed by atoms with Crippen molar-refractivity contribution in [3.8, 4) is 22.3 Å². The van der Waals surface area contributed by atoms with Crippen LogP contribution in [0.3, 0.4) is 0 Å². The van der Waals surface area contributed by atoms with Gasteiger partial charge in [-0.05, 0) is 68.7 Å². The van der Waals surface area contributed by atoms with Crippen LogP contribution in [0.25, 0.3) is 22.3 Å². The summed E-state index contributed by atoms with van der Waals surface area (Å²) in [6.45, 7) is 3.13. The van der Waals surface area contributed by atoms with E-state index in [0.29, 0.717) is 36.7 Å². The fraction of sp³-hybridized carbons (Fsp3) is 0.312. The maximum absolute atomic E-state index is 13.2. The molecule has 2 aromatic heterocycles. The highest BCUT2D eigenvalue weighted by Gasteiger charge is 2.29. The van der Waals surface area contributed by atoms with Gasteiger partial charge in [0.15, 0.2) is 0 Å². The number of amides is 2. The average Bonchev–Trinajstić information content (AvgIpc) is 3.69. The molecule has 0 unspecified atom stereocenters. The van der Waals surface area contributed by atoms with Gasteiger partial charge in [0.1, 0.15) is 5.82 Å². The molecule has 0 spiro atoms. The maximum atomic E-state index is 13.2. The number of nitrogens with zero attached hydrogens (tertiary/aromatic N) is 5. The fourth-order valence-corrected chi connectivity index (χ4v) is 5.71. The van der Waals surface area contributed by atoms with Gasteiger partial charge in [-0.2, -0.15) is 5.10 Å². The van der Waals surface area contributed by atoms with E-state index >= 15 is 0 Å². The molecule has 2 saturated heterocycles. The second-order valence-corrected chi connectivity index (χ2v) is 11.1. The average molecular weight is 550 g/mol. The summed E-state index contributed by atoms with van der Waals surface area (Å²) in [5.74, 6) is -0.143. The van der Waals surface area contributed by atoms with Gasteiger partial charge in [0.05, 0.1) is 17.8 Å². The molecule has 2 aromatic carbocycles. The van der Waals surface area contributed by atoms with Gasteiger partial charge in [-0.1, -0.05) is 42.5 Å². The summed E-state index contributed by atoms with van der Waals surface area (Å²) >= 11 is 0. The largest absolute Gasteiger partial charge is 0.383 e. The van der Waals surface area contributed by atoms with Gasteiger partial charge in [-0.25, -0.2) is 4.98 Å². The van der Waals surface area contributed by atoms with Crippen molar-refractivity contribution in [2.45, 2.75) is 31.3 Å². The van der Waals surface area contributed by atoms with Crippen molar-refractivity contribution in [3.05, 3.63) is 90.4 Å². The third-order valence-electron chi connectivity index (χ3n) is 8.21. The normalized spacial score (nSPS) is 18.0. The molecule has 0 saturated carbocycles. The molecule has 9 nitrogen and oxygen atoms in total. The zero-order valence-electron chi connectivity index (χ0n) is 23.2. The molecule has 2 aliphatic heterocycles. The standard InChI is InChI=1S/C32H35N7O2/c1-37-14-12-28(13-15-37)39-20-26(19-35-39)25-17-29(30(33)34-18-25)31(40)36-27-11-16-38(21-27)32(41)24-9-7-23(8-10-24)22-5-3-2-4-6-22/h2-10,17-20,27-28H,11-16,21H2,1H3,(H2,33,34)(H,36,40)/t27-/m1/s1. The van der Waals surface area contributed by atoms with Gasteiger partial charge in [-0.3, -0.25) is 14.3 Å². The Balaban J connectivity index is 1.08. The Morgan fingerprint density at radius 2 is 1.61 bits per heavy atom. The smallest absolute Gasteiger partial charge is 0.255 e. The van der Waals surface area contributed by atoms with Gasteiger partial charge in [0, 0.05) is 48.2 Å². The van der Waals surface area contributed by atoms with Gasteiger partial charge in [0.25, 0.3) is 11.8 Å². The Kier molecular flexibility index (Phi) is 7.52. The van der Waals surface area contributed by atoms with Crippen molar-refractivity contribution in [1.82, 2.24) is 29.9 Å². The lowest BCUT2D eigenvalue weighted by Gasteiger charge is -2.28. The highest BCUT2D eigenvalue weighted by molar-refractivity contribution is 6.00. The summed E-state index contributed by atoms with van der Waals surface area (Å²) < 4.78 is 2.03. The first-order valence-corrected chi connectivity index (χ1v) is 14.2. The van der Waals surface area contributed by atoms with Crippen LogP contribution in [0.15, 0.2) is 79.3 Å². The molecule has 2 amide bonds. The van der Waals surface area contributed by atoms with Crippen molar-refractivity contribution in [3.63, 3.8) is 0 Å². The van der Waals surface area contributed by atoms with E-state index in [4.69, 9.17) is 5.73 Å². The van der Waals surface area contributed by atoms with Crippen molar-refractivity contribution < 1.29 is 9.59 Å². The Hall–Kier alpha value is -4.50. The lowest BCUT2D eigenvalue weighted by atomic mass is 10.0. The first-order chi connectivity index (χ1) is 19.9. The number of hydrogen-bond acceptors (Lipinski definition) is 6. The van der Waals surface area contributed by atoms with Gasteiger partial charge in [0.2, 0.25) is 0 Å². The molecule has 6 rings (SSSR count). The first kappa shape index (κ1) is 26.7. The lowest BCUT2D eigenvalue weighted by molar-refractivity contribution is 0.0783. The third-order valence-corrected chi connectivity index (χ3v) is 8.21. The third kappa shape index (κ3) is 5.85. The van der Waals surface area contributed by atoms with Crippen molar-refractivity contribution >= 4 is 17.6 Å². The van der Waals surface area contributed by atoms with Crippen LogP contribution in [-0.2, 0) is 0 Å². The second-order valence-electron chi connectivity index (χ2n) is 11.1. The number of piperidine rings is 1. The van der Waals surface area contributed by atoms with Crippen LogP contribution >= 0.6 is 0 Å². The Labute approximate surface area is 240 Å². The minimum Gasteiger partial charge on any atom is -0.383 e. The SMILES string of the molecule is CN1CCC(n2cc(-c3cnc(N)c(C(=O)N[C@@H]4CCN(C(=O)c5ccc(-c6ccccc6)cc5)C4)c3)cn2)CC1. The number of benzene rings is 2. The number of likely N-dealkylation sites (tertiary alicyclic amines) is 2. The molecule has 2 aliphatic rings. The van der Waals surface area contributed by atoms with E-state index in [-0.39, 0.29) is 23.7 Å². The monoisotopic (exact) mass is 549 g/mol. The number of carbonyl (C=O) groups is 2. The van der Waals surface area contributed by atoms with E-state index in [9.17, 15) is 9.59 Å². The lowest BCUT2D eigenvalue weighted by Crippen LogP contribution is -2.38. The predicted molar refractivity (Wildman–Crippen MR) is 159 cm³/mol. The quantitative estimate of drug-likeness (QED) is 0.375. The van der Waals surface area contributed by atoms with Crippen LogP contribution in [-0.4, -0.2) is 75.6 Å². The summed E-state index contributed by atoms with van der Waals surface area (Å²) in [6.07, 6.45) is 8.32. The highest BCUT2D eigenvalue weighted by Crippen LogP contribution is 2.27. The molecular weight excluding hydrogens is 514 g/mol. The zero-order chi connectivity index (χ0) is 28.3. The number of nitrogens with two attached hydrogens (primary N) is 1. The molecule has 0 radical (unpaired) electrons. The van der Waals surface area contributed by atoms with Crippen molar-refractivity contribution in [2.24, 2.45) is 0 Å². The number of anilines is 1. The van der Waals surface area contributed by atoms with Crippen LogP contribution in [0.5, 0.6) is 0 Å². The number of pyridine rings is 1. The molecule has 1 atom stereocenters. The summed E-state index contributed by atoms with van der Waals surface area (Å²) in [6, 6.07) is 19.7. The van der Waals surface area contributed by atoms with E-state index < -0.39 is 0 Å². The van der Waals surface area contributed by atoms with E-state index in [2.05, 4.69) is 27.3 Å². The van der Waals surface area contributed by atoms with E-state index in [0.717, 1.165) is 48.2 Å². The van der Waals surface area contributed by atoms with Crippen LogP contribution in [0.1, 0.15) is 46.0 Å². The van der Waals surface area contributed by atoms with Crippen LogP contribution in [0, 0.1) is 0 Å². The molecule has 210 valence electrons. The number of carbonyl (C=O) groups excluding carboxylic acids is 2. The molecule has 3 N–H and O–H groups in total. The minimum atomic E-state index is -0.286. The number of nitrogens with one attached hydrogen (secondary N) is 1. The Morgan fingerprint density at radius 1 is 0.878 bits per heavy atom. The molecule has 4 aromatic rings. The van der Waals surface area contributed by atoms with E-state index in [1.165, 1.54) is 0 Å². The maximum Gasteiger partial charge on any atom is 0.255 e. The Bertz CT molecular complexity index is 1530. The predicted octanol–water partition coefficient (Wildman–Crippen LogP) is 4.11. The fourth-order valence-electron chi connectivity index (χ4n) is 5.71. The van der Waals surface area contributed by atoms with Gasteiger partial charge >= 0.3 is 0 Å². The number of rotatable bonds is 6. The molecule has 41 heavy (non-hydrogen) atoms. The first-order valence-electron chi connectivity index (χ1n) is 14.2. The van der Waals surface area contributed by atoms with Crippen LogP contribution < -0.4 is 11.1 Å². The number of hydrogen-bond donors (Lipinski definition) is 2. The molecule has 9 heteroatoms. The van der Waals surface area contributed by atoms with Crippen molar-refractivity contribution in [1.29, 1.82) is 0 Å². The van der Waals surface area contributed by atoms with E-state index in [1.54, 1.807) is 17.2 Å². The van der Waals surface area contributed by atoms with Gasteiger partial charge in [-0.15, -0.1) is 0 Å². The Morgan fingerprint density at radius 3 is 2.37 bits per heavy atom. The molecule has 0 aliphatic carbocycles. The number of aromatic nitrogens is 3. The number of nitrogen functional groups attached to an aromatic ring is 1. The minimum absolute atomic E-state index is 0.0360. The van der Waals surface area contributed by atoms with Crippen LogP contribution in [0.4, 0.5) is 5.82 Å². The molecule has 4 heterocycles. The molecule has 0 bridgehead atoms. The summed E-state index contributed by atoms with van der Waals surface area (Å²) in [5, 5.41) is 7.66. The second kappa shape index (κ2) is 11.5. The topological polar surface area (TPSA) is 109 Å². The zero-order valence-corrected chi connectivity index (χ0v) is 23.2. The molecular formula is C32H35N7O2. The van der Waals surface area contributed by atoms with E-state index in [1.807, 2.05) is 71.7 Å². The van der Waals surface area contributed by atoms with Gasteiger partial charge < -0.3 is 20.9 Å². The summed E-state index contributed by atoms with van der Waals surface area (Å²) in [7, 11) is 2.14. The van der Waals surface area contributed by atoms with Crippen molar-refractivity contribution in [2.75, 3.05) is 39.0 Å². The van der Waals surface area contributed by atoms with Crippen LogP contribution in [0.2, 0.25) is 0 Å². The molecule has 2 fully saturated rings.